The van der Waals surface area contributed by atoms with Crippen LogP contribution in [0.1, 0.15) is 61.1 Å². The van der Waals surface area contributed by atoms with Crippen LogP contribution in [0.4, 0.5) is 10.6 Å². The van der Waals surface area contributed by atoms with Gasteiger partial charge < -0.3 is 20.7 Å². The summed E-state index contributed by atoms with van der Waals surface area (Å²) in [6.07, 6.45) is 2.72. The lowest BCUT2D eigenvalue weighted by Gasteiger charge is -2.34. The molecule has 1 saturated heterocycles. The van der Waals surface area contributed by atoms with Gasteiger partial charge in [-0.15, -0.1) is 0 Å². The molecule has 41 heavy (non-hydrogen) atoms. The molecule has 0 unspecified atom stereocenters. The molecule has 4 aromatic rings. The van der Waals surface area contributed by atoms with Gasteiger partial charge in [0.2, 0.25) is 0 Å². The molecule has 2 amide bonds. The van der Waals surface area contributed by atoms with Crippen LogP contribution in [0.15, 0.2) is 54.9 Å². The highest BCUT2D eigenvalue weighted by Crippen LogP contribution is 2.34. The van der Waals surface area contributed by atoms with Crippen LogP contribution in [-0.2, 0) is 11.3 Å². The number of anilines is 1. The number of hydrogen-bond donors (Lipinski definition) is 2. The fraction of sp³-hybridized carbons (Fsp3) is 0.333. The second-order valence-corrected chi connectivity index (χ2v) is 11.0. The number of amides is 2. The van der Waals surface area contributed by atoms with Crippen LogP contribution >= 0.6 is 0 Å². The predicted octanol–water partition coefficient (Wildman–Crippen LogP) is 4.45. The van der Waals surface area contributed by atoms with Gasteiger partial charge in [0.1, 0.15) is 23.4 Å². The van der Waals surface area contributed by atoms with Gasteiger partial charge in [-0.3, -0.25) is 4.79 Å². The number of carbonyl (C=O) groups is 2. The normalized spacial score (nSPS) is 15.4. The van der Waals surface area contributed by atoms with E-state index < -0.39 is 5.60 Å². The number of aromatic nitrogens is 4. The highest BCUT2D eigenvalue weighted by Gasteiger charge is 2.31. The van der Waals surface area contributed by atoms with Gasteiger partial charge in [-0.05, 0) is 57.4 Å². The van der Waals surface area contributed by atoms with E-state index in [1.165, 1.54) is 6.33 Å². The van der Waals surface area contributed by atoms with Gasteiger partial charge in [-0.2, -0.15) is 10.4 Å². The van der Waals surface area contributed by atoms with E-state index in [1.807, 2.05) is 55.8 Å². The third-order valence-corrected chi connectivity index (χ3v) is 6.85. The lowest BCUT2D eigenvalue weighted by atomic mass is 10.1. The highest BCUT2D eigenvalue weighted by atomic mass is 16.6. The average molecular weight is 553 g/mol. The Kier molecular flexibility index (Phi) is 7.57. The van der Waals surface area contributed by atoms with Gasteiger partial charge in [-0.1, -0.05) is 30.3 Å². The Morgan fingerprint density at radius 1 is 1.17 bits per heavy atom. The number of benzene rings is 2. The fourth-order valence-corrected chi connectivity index (χ4v) is 4.89. The molecule has 1 atom stereocenters. The number of likely N-dealkylation sites (tertiary alicyclic amines) is 1. The van der Waals surface area contributed by atoms with Crippen LogP contribution in [0.5, 0.6) is 0 Å². The molecule has 0 radical (unpaired) electrons. The molecule has 11 nitrogen and oxygen atoms in total. The Labute approximate surface area is 237 Å². The molecule has 5 rings (SSSR count). The van der Waals surface area contributed by atoms with E-state index in [-0.39, 0.29) is 18.0 Å². The first kappa shape index (κ1) is 27.6. The average Bonchev–Trinajstić information content (AvgIpc) is 3.36. The van der Waals surface area contributed by atoms with Gasteiger partial charge in [0.05, 0.1) is 23.1 Å². The van der Waals surface area contributed by atoms with E-state index in [2.05, 4.69) is 15.3 Å². The SMILES string of the molecule is CC(C)(C)OC(=O)N1CCC[C@@H](n2nc(-c3ccc(CNC(=O)c4cccc(C#N)c4)cc3)c3c(N)ncnc32)C1. The van der Waals surface area contributed by atoms with E-state index in [0.29, 0.717) is 53.3 Å². The molecule has 2 aromatic carbocycles. The zero-order chi connectivity index (χ0) is 29.1. The van der Waals surface area contributed by atoms with E-state index >= 15 is 0 Å². The molecule has 0 spiro atoms. The Morgan fingerprint density at radius 2 is 1.95 bits per heavy atom. The molecular formula is C30H32N8O3. The zero-order valence-electron chi connectivity index (χ0n) is 23.3. The summed E-state index contributed by atoms with van der Waals surface area (Å²) in [6.45, 7) is 6.95. The Hall–Kier alpha value is -4.98. The van der Waals surface area contributed by atoms with Gasteiger partial charge in [0.25, 0.3) is 5.91 Å². The number of nitrogen functional groups attached to an aromatic ring is 1. The van der Waals surface area contributed by atoms with Crippen LogP contribution < -0.4 is 11.1 Å². The van der Waals surface area contributed by atoms with Crippen molar-refractivity contribution in [2.24, 2.45) is 0 Å². The van der Waals surface area contributed by atoms with E-state index in [4.69, 9.17) is 20.8 Å². The summed E-state index contributed by atoms with van der Waals surface area (Å²) in [6, 6.07) is 16.2. The third kappa shape index (κ3) is 6.11. The van der Waals surface area contributed by atoms with Crippen LogP contribution in [0.25, 0.3) is 22.3 Å². The Bertz CT molecular complexity index is 1630. The molecule has 210 valence electrons. The lowest BCUT2D eigenvalue weighted by Crippen LogP contribution is -2.43. The largest absolute Gasteiger partial charge is 0.444 e. The molecule has 0 bridgehead atoms. The molecule has 2 aromatic heterocycles. The zero-order valence-corrected chi connectivity index (χ0v) is 23.3. The van der Waals surface area contributed by atoms with Gasteiger partial charge in [0.15, 0.2) is 5.65 Å². The van der Waals surface area contributed by atoms with Gasteiger partial charge in [0, 0.05) is 30.8 Å². The highest BCUT2D eigenvalue weighted by molar-refractivity contribution is 5.98. The van der Waals surface area contributed by atoms with Crippen molar-refractivity contribution in [1.82, 2.24) is 30.0 Å². The minimum Gasteiger partial charge on any atom is -0.444 e. The number of fused-ring (bicyclic) bond motifs is 1. The molecule has 0 aliphatic carbocycles. The van der Waals surface area contributed by atoms with E-state index in [1.54, 1.807) is 29.2 Å². The molecular weight excluding hydrogens is 520 g/mol. The number of nitrogens with one attached hydrogen (secondary N) is 1. The van der Waals surface area contributed by atoms with Crippen molar-refractivity contribution in [1.29, 1.82) is 5.26 Å². The molecule has 0 saturated carbocycles. The van der Waals surface area contributed by atoms with Crippen molar-refractivity contribution >= 4 is 28.9 Å². The van der Waals surface area contributed by atoms with Crippen molar-refractivity contribution in [3.63, 3.8) is 0 Å². The Balaban J connectivity index is 1.36. The van der Waals surface area contributed by atoms with Gasteiger partial charge in [-0.25, -0.2) is 19.4 Å². The van der Waals surface area contributed by atoms with Crippen molar-refractivity contribution in [2.75, 3.05) is 18.8 Å². The summed E-state index contributed by atoms with van der Waals surface area (Å²) in [5, 5.41) is 17.5. The fourth-order valence-electron chi connectivity index (χ4n) is 4.89. The second-order valence-electron chi connectivity index (χ2n) is 11.0. The lowest BCUT2D eigenvalue weighted by molar-refractivity contribution is 0.0169. The van der Waals surface area contributed by atoms with Gasteiger partial charge >= 0.3 is 6.09 Å². The molecule has 11 heteroatoms. The summed E-state index contributed by atoms with van der Waals surface area (Å²) in [5.74, 6) is 0.0701. The monoisotopic (exact) mass is 552 g/mol. The van der Waals surface area contributed by atoms with Crippen molar-refractivity contribution in [2.45, 2.75) is 51.8 Å². The number of carbonyl (C=O) groups excluding carboxylic acids is 2. The summed E-state index contributed by atoms with van der Waals surface area (Å²) in [7, 11) is 0. The first-order valence-corrected chi connectivity index (χ1v) is 13.5. The topological polar surface area (TPSA) is 152 Å². The predicted molar refractivity (Wildman–Crippen MR) is 154 cm³/mol. The van der Waals surface area contributed by atoms with Crippen LogP contribution in [0.2, 0.25) is 0 Å². The molecule has 1 fully saturated rings. The first-order valence-electron chi connectivity index (χ1n) is 13.5. The minimum absolute atomic E-state index is 0.101. The van der Waals surface area contributed by atoms with Crippen molar-refractivity contribution < 1.29 is 14.3 Å². The molecule has 3 heterocycles. The maximum absolute atomic E-state index is 12.8. The number of nitrogens with zero attached hydrogens (tertiary/aromatic N) is 6. The quantitative estimate of drug-likeness (QED) is 0.368. The summed E-state index contributed by atoms with van der Waals surface area (Å²) in [4.78, 5) is 35.7. The maximum Gasteiger partial charge on any atom is 0.410 e. The van der Waals surface area contributed by atoms with E-state index in [9.17, 15) is 9.59 Å². The summed E-state index contributed by atoms with van der Waals surface area (Å²) < 4.78 is 7.45. The van der Waals surface area contributed by atoms with Crippen LogP contribution in [-0.4, -0.2) is 55.3 Å². The summed E-state index contributed by atoms with van der Waals surface area (Å²) in [5.41, 5.74) is 9.58. The number of rotatable bonds is 5. The number of hydrogen-bond acceptors (Lipinski definition) is 8. The van der Waals surface area contributed by atoms with Crippen molar-refractivity contribution in [3.05, 3.63) is 71.5 Å². The van der Waals surface area contributed by atoms with E-state index in [0.717, 1.165) is 24.0 Å². The molecule has 3 N–H and O–H groups in total. The minimum atomic E-state index is -0.575. The number of ether oxygens (including phenoxy) is 1. The van der Waals surface area contributed by atoms with Crippen LogP contribution in [0.3, 0.4) is 0 Å². The smallest absolute Gasteiger partial charge is 0.410 e. The second kappa shape index (κ2) is 11.3. The molecule has 1 aliphatic rings. The number of nitriles is 1. The third-order valence-electron chi connectivity index (χ3n) is 6.85. The standard InChI is InChI=1S/C30H32N8O3/c1-30(2,3)41-29(40)37-13-5-8-23(17-37)38-27-24(26(32)34-18-35-27)25(36-38)21-11-9-19(10-12-21)16-33-28(39)22-7-4-6-20(14-22)15-31/h4,6-7,9-12,14,18,23H,5,8,13,16-17H2,1-3H3,(H,33,39)(H2,32,34,35)/t23-/m1/s1. The number of nitrogens with two attached hydrogens (primary N) is 1. The maximum atomic E-state index is 12.8. The first-order chi connectivity index (χ1) is 19.6. The molecule has 1 aliphatic heterocycles. The Morgan fingerprint density at radius 3 is 2.68 bits per heavy atom. The number of piperidine rings is 1. The van der Waals surface area contributed by atoms with Crippen LogP contribution in [0, 0.1) is 11.3 Å². The summed E-state index contributed by atoms with van der Waals surface area (Å²) >= 11 is 0. The van der Waals surface area contributed by atoms with Crippen molar-refractivity contribution in [3.8, 4) is 17.3 Å².